The van der Waals surface area contributed by atoms with Crippen molar-refractivity contribution in [1.82, 2.24) is 0 Å². The van der Waals surface area contributed by atoms with Gasteiger partial charge in [0.25, 0.3) is 0 Å². The van der Waals surface area contributed by atoms with Crippen LogP contribution in [-0.4, -0.2) is 0 Å². The summed E-state index contributed by atoms with van der Waals surface area (Å²) in [5.74, 6) is 0. The zero-order valence-electron chi connectivity index (χ0n) is 28.1. The molecule has 0 fully saturated rings. The van der Waals surface area contributed by atoms with Gasteiger partial charge >= 0.3 is 0 Å². The third-order valence-electron chi connectivity index (χ3n) is 11.0. The fourth-order valence-corrected chi connectivity index (χ4v) is 8.81. The lowest BCUT2D eigenvalue weighted by Gasteiger charge is -2.34. The van der Waals surface area contributed by atoms with E-state index in [1.807, 2.05) is 0 Å². The summed E-state index contributed by atoms with van der Waals surface area (Å²) in [5, 5.41) is 5.10. The minimum absolute atomic E-state index is 0.414. The van der Waals surface area contributed by atoms with Crippen LogP contribution in [0.2, 0.25) is 0 Å². The molecule has 0 atom stereocenters. The molecule has 0 radical (unpaired) electrons. The van der Waals surface area contributed by atoms with Crippen LogP contribution >= 0.6 is 0 Å². The van der Waals surface area contributed by atoms with Crippen molar-refractivity contribution >= 4 is 21.5 Å². The van der Waals surface area contributed by atoms with Gasteiger partial charge in [0.15, 0.2) is 0 Å². The Morgan fingerprint density at radius 3 is 1.20 bits per heavy atom. The minimum atomic E-state index is -0.414. The van der Waals surface area contributed by atoms with Gasteiger partial charge in [0, 0.05) is 0 Å². The second-order valence-corrected chi connectivity index (χ2v) is 13.6. The summed E-state index contributed by atoms with van der Waals surface area (Å²) in [4.78, 5) is 0. The van der Waals surface area contributed by atoms with Gasteiger partial charge in [-0.3, -0.25) is 0 Å². The highest BCUT2D eigenvalue weighted by Gasteiger charge is 2.46. The van der Waals surface area contributed by atoms with Gasteiger partial charge in [-0.15, -0.1) is 0 Å². The van der Waals surface area contributed by atoms with Crippen LogP contribution in [0.5, 0.6) is 0 Å². The van der Waals surface area contributed by atoms with Crippen molar-refractivity contribution in [2.24, 2.45) is 0 Å². The maximum Gasteiger partial charge on any atom is 0.0713 e. The van der Waals surface area contributed by atoms with Gasteiger partial charge in [0.05, 0.1) is 5.41 Å². The molecule has 1 aliphatic rings. The molecule has 0 spiro atoms. The van der Waals surface area contributed by atoms with Gasteiger partial charge in [-0.2, -0.15) is 0 Å². The molecular weight excluding hydrogens is 613 g/mol. The van der Waals surface area contributed by atoms with E-state index >= 15 is 0 Å². The third kappa shape index (κ3) is 4.47. The predicted octanol–water partition coefficient (Wildman–Crippen LogP) is 13.4. The van der Waals surface area contributed by atoms with E-state index in [1.165, 1.54) is 88.3 Å². The molecule has 0 unspecified atom stereocenters. The van der Waals surface area contributed by atoms with Gasteiger partial charge < -0.3 is 0 Å². The maximum absolute atomic E-state index is 2.45. The Balaban J connectivity index is 1.15. The van der Waals surface area contributed by atoms with Crippen LogP contribution in [0.1, 0.15) is 22.3 Å². The van der Waals surface area contributed by atoms with Crippen LogP contribution in [0, 0.1) is 0 Å². The first kappa shape index (κ1) is 29.4. The second-order valence-electron chi connectivity index (χ2n) is 13.6. The van der Waals surface area contributed by atoms with Crippen LogP contribution in [0.4, 0.5) is 0 Å². The Kier molecular flexibility index (Phi) is 6.82. The van der Waals surface area contributed by atoms with Crippen molar-refractivity contribution in [2.45, 2.75) is 5.41 Å². The molecule has 0 saturated heterocycles. The highest BCUT2D eigenvalue weighted by atomic mass is 14.5. The topological polar surface area (TPSA) is 0 Å². The molecule has 0 aliphatic heterocycles. The number of benzene rings is 9. The normalized spacial score (nSPS) is 12.9. The van der Waals surface area contributed by atoms with Gasteiger partial charge in [0.2, 0.25) is 0 Å². The molecular formula is C51H34. The van der Waals surface area contributed by atoms with Gasteiger partial charge in [-0.1, -0.05) is 200 Å². The number of rotatable bonds is 5. The quantitative estimate of drug-likeness (QED) is 0.163. The lowest BCUT2D eigenvalue weighted by atomic mass is 9.67. The highest BCUT2D eigenvalue weighted by molar-refractivity contribution is 6.21. The summed E-state index contributed by atoms with van der Waals surface area (Å²) in [6.07, 6.45) is 0. The van der Waals surface area contributed by atoms with Crippen molar-refractivity contribution in [1.29, 1.82) is 0 Å². The van der Waals surface area contributed by atoms with Crippen molar-refractivity contribution in [3.8, 4) is 44.5 Å². The maximum atomic E-state index is 2.45. The van der Waals surface area contributed by atoms with Crippen molar-refractivity contribution in [3.05, 3.63) is 229 Å². The molecule has 10 rings (SSSR count). The first-order valence-electron chi connectivity index (χ1n) is 17.8. The number of hydrogen-bond acceptors (Lipinski definition) is 0. The van der Waals surface area contributed by atoms with Crippen LogP contribution in [0.25, 0.3) is 66.1 Å². The Morgan fingerprint density at radius 1 is 0.255 bits per heavy atom. The van der Waals surface area contributed by atoms with Gasteiger partial charge in [-0.25, -0.2) is 0 Å². The molecule has 0 heteroatoms. The van der Waals surface area contributed by atoms with Crippen molar-refractivity contribution in [3.63, 3.8) is 0 Å². The van der Waals surface area contributed by atoms with Gasteiger partial charge in [-0.05, 0) is 94.4 Å². The van der Waals surface area contributed by atoms with Crippen molar-refractivity contribution < 1.29 is 0 Å². The average Bonchev–Trinajstić information content (AvgIpc) is 3.51. The molecule has 0 saturated carbocycles. The van der Waals surface area contributed by atoms with Crippen LogP contribution in [0.3, 0.4) is 0 Å². The Hall–Kier alpha value is -6.50. The summed E-state index contributed by atoms with van der Waals surface area (Å²) >= 11 is 0. The zero-order valence-corrected chi connectivity index (χ0v) is 28.1. The lowest BCUT2D eigenvalue weighted by molar-refractivity contribution is 0.769. The van der Waals surface area contributed by atoms with E-state index in [0.29, 0.717) is 0 Å². The molecule has 0 heterocycles. The summed E-state index contributed by atoms with van der Waals surface area (Å²) in [6, 6.07) is 75.9. The van der Waals surface area contributed by atoms with Gasteiger partial charge in [0.1, 0.15) is 0 Å². The van der Waals surface area contributed by atoms with E-state index in [1.54, 1.807) is 0 Å². The predicted molar refractivity (Wildman–Crippen MR) is 215 cm³/mol. The molecule has 0 nitrogen and oxygen atoms in total. The molecule has 238 valence electrons. The molecule has 9 aromatic rings. The molecule has 0 aromatic heterocycles. The molecule has 1 aliphatic carbocycles. The lowest BCUT2D eigenvalue weighted by Crippen LogP contribution is -2.28. The smallest absolute Gasteiger partial charge is 0.0622 e. The Labute approximate surface area is 298 Å². The largest absolute Gasteiger partial charge is 0.0713 e. The Bertz CT molecular complexity index is 2610. The molecule has 51 heavy (non-hydrogen) atoms. The molecule has 9 aromatic carbocycles. The van der Waals surface area contributed by atoms with Crippen LogP contribution in [0.15, 0.2) is 206 Å². The summed E-state index contributed by atoms with van der Waals surface area (Å²) in [6.45, 7) is 0. The van der Waals surface area contributed by atoms with E-state index in [2.05, 4.69) is 206 Å². The molecule has 0 bridgehead atoms. The van der Waals surface area contributed by atoms with Crippen LogP contribution in [-0.2, 0) is 5.41 Å². The second kappa shape index (κ2) is 11.8. The summed E-state index contributed by atoms with van der Waals surface area (Å²) < 4.78 is 0. The highest BCUT2D eigenvalue weighted by Crippen LogP contribution is 2.56. The monoisotopic (exact) mass is 646 g/mol. The Morgan fingerprint density at radius 2 is 0.647 bits per heavy atom. The zero-order chi connectivity index (χ0) is 33.8. The first-order valence-corrected chi connectivity index (χ1v) is 17.8. The fourth-order valence-electron chi connectivity index (χ4n) is 8.81. The average molecular weight is 647 g/mol. The molecule has 0 N–H and O–H groups in total. The van der Waals surface area contributed by atoms with E-state index in [4.69, 9.17) is 0 Å². The third-order valence-corrected chi connectivity index (χ3v) is 11.0. The number of fused-ring (bicyclic) bond motifs is 5. The standard InChI is InChI=1S/C51H34/c1-4-16-36(17-5-1)49-43-23-10-12-25-45(43)50(46-26-13-11-24-44(46)49)37-30-28-35(29-31-37)38-32-33-42-41-22-14-15-27-47(41)51(48(42)34-38,39-18-6-2-7-19-39)40-20-8-3-9-21-40/h1-34H. The minimum Gasteiger partial charge on any atom is -0.0622 e. The SMILES string of the molecule is c1ccc(-c2c3ccccc3c(-c3ccc(-c4ccc5c(c4)C(c4ccccc4)(c4ccccc4)c4ccccc4-5)cc3)c3ccccc23)cc1. The van der Waals surface area contributed by atoms with Crippen LogP contribution < -0.4 is 0 Å². The first-order chi connectivity index (χ1) is 25.3. The van der Waals surface area contributed by atoms with E-state index < -0.39 is 5.41 Å². The van der Waals surface area contributed by atoms with E-state index in [9.17, 15) is 0 Å². The van der Waals surface area contributed by atoms with Crippen molar-refractivity contribution in [2.75, 3.05) is 0 Å². The van der Waals surface area contributed by atoms with E-state index in [0.717, 1.165) is 0 Å². The summed E-state index contributed by atoms with van der Waals surface area (Å²) in [7, 11) is 0. The fraction of sp³-hybridized carbons (Fsp3) is 0.0196. The number of hydrogen-bond donors (Lipinski definition) is 0. The molecule has 0 amide bonds. The van der Waals surface area contributed by atoms with E-state index in [-0.39, 0.29) is 0 Å². The summed E-state index contributed by atoms with van der Waals surface area (Å²) in [5.41, 5.74) is 14.9.